The van der Waals surface area contributed by atoms with Crippen LogP contribution in [0.25, 0.3) is 0 Å². The molecule has 0 radical (unpaired) electrons. The van der Waals surface area contributed by atoms with E-state index in [9.17, 15) is 13.2 Å². The molecule has 3 aromatic rings. The molecular weight excluding hydrogens is 428 g/mol. The van der Waals surface area contributed by atoms with E-state index in [2.05, 4.69) is 10.0 Å². The second-order valence-corrected chi connectivity index (χ2v) is 9.43. The first-order chi connectivity index (χ1) is 15.2. The molecule has 0 saturated heterocycles. The number of ether oxygens (including phenoxy) is 2. The van der Waals surface area contributed by atoms with Crippen LogP contribution in [0, 0.1) is 20.8 Å². The average molecular weight is 453 g/mol. The molecule has 0 bridgehead atoms. The molecular formula is C24H24N2O5S. The third kappa shape index (κ3) is 4.55. The summed E-state index contributed by atoms with van der Waals surface area (Å²) in [5, 5.41) is 2.82. The SMILES string of the molecule is Cc1ccc(NS(=O)(=O)c2cc(C(=O)NCc3ccc4c(c3)OCO4)ccc2C)c(C)c1. The second kappa shape index (κ2) is 8.55. The molecule has 0 atom stereocenters. The Labute approximate surface area is 187 Å². The Morgan fingerprint density at radius 2 is 1.69 bits per heavy atom. The lowest BCUT2D eigenvalue weighted by atomic mass is 10.1. The van der Waals surface area contributed by atoms with Crippen molar-refractivity contribution in [3.8, 4) is 11.5 Å². The van der Waals surface area contributed by atoms with Gasteiger partial charge >= 0.3 is 0 Å². The van der Waals surface area contributed by atoms with Crippen molar-refractivity contribution < 1.29 is 22.7 Å². The molecule has 7 nitrogen and oxygen atoms in total. The van der Waals surface area contributed by atoms with E-state index in [4.69, 9.17) is 9.47 Å². The average Bonchev–Trinajstić information content (AvgIpc) is 3.22. The van der Waals surface area contributed by atoms with Gasteiger partial charge in [-0.1, -0.05) is 29.8 Å². The highest BCUT2D eigenvalue weighted by Crippen LogP contribution is 2.32. The lowest BCUT2D eigenvalue weighted by Crippen LogP contribution is -2.23. The summed E-state index contributed by atoms with van der Waals surface area (Å²) < 4.78 is 39.4. The van der Waals surface area contributed by atoms with Gasteiger partial charge in [-0.25, -0.2) is 8.42 Å². The lowest BCUT2D eigenvalue weighted by Gasteiger charge is -2.14. The number of anilines is 1. The first-order valence-electron chi connectivity index (χ1n) is 10.1. The van der Waals surface area contributed by atoms with Crippen molar-refractivity contribution in [2.24, 2.45) is 0 Å². The topological polar surface area (TPSA) is 93.7 Å². The van der Waals surface area contributed by atoms with Gasteiger partial charge in [-0.15, -0.1) is 0 Å². The first kappa shape index (κ1) is 21.7. The summed E-state index contributed by atoms with van der Waals surface area (Å²) in [5.74, 6) is 0.938. The molecule has 0 fully saturated rings. The number of hydrogen-bond acceptors (Lipinski definition) is 5. The zero-order valence-corrected chi connectivity index (χ0v) is 18.9. The summed E-state index contributed by atoms with van der Waals surface area (Å²) >= 11 is 0. The monoisotopic (exact) mass is 452 g/mol. The standard InChI is InChI=1S/C24H24N2O5S/c1-15-4-8-20(17(3)10-15)26-32(28,29)23-12-19(7-5-16(23)2)24(27)25-13-18-6-9-21-22(11-18)31-14-30-21/h4-12,26H,13-14H2,1-3H3,(H,25,27). The van der Waals surface area contributed by atoms with Crippen molar-refractivity contribution >= 4 is 21.6 Å². The predicted molar refractivity (Wildman–Crippen MR) is 122 cm³/mol. The molecule has 166 valence electrons. The van der Waals surface area contributed by atoms with E-state index in [1.807, 2.05) is 38.1 Å². The van der Waals surface area contributed by atoms with E-state index in [1.165, 1.54) is 6.07 Å². The molecule has 1 aliphatic rings. The Morgan fingerprint density at radius 3 is 2.47 bits per heavy atom. The smallest absolute Gasteiger partial charge is 0.262 e. The summed E-state index contributed by atoms with van der Waals surface area (Å²) in [6.45, 7) is 5.94. The Morgan fingerprint density at radius 1 is 0.906 bits per heavy atom. The van der Waals surface area contributed by atoms with E-state index in [0.717, 1.165) is 16.7 Å². The van der Waals surface area contributed by atoms with Crippen LogP contribution >= 0.6 is 0 Å². The van der Waals surface area contributed by atoms with Gasteiger partial charge < -0.3 is 14.8 Å². The molecule has 3 aromatic carbocycles. The number of nitrogens with one attached hydrogen (secondary N) is 2. The number of sulfonamides is 1. The Bertz CT molecular complexity index is 1300. The minimum atomic E-state index is -3.87. The van der Waals surface area contributed by atoms with Gasteiger partial charge in [0.2, 0.25) is 6.79 Å². The summed E-state index contributed by atoms with van der Waals surface area (Å²) in [5.41, 5.74) is 4.03. The summed E-state index contributed by atoms with van der Waals surface area (Å²) in [4.78, 5) is 12.8. The quantitative estimate of drug-likeness (QED) is 0.588. The van der Waals surface area contributed by atoms with Crippen molar-refractivity contribution in [3.05, 3.63) is 82.4 Å². The molecule has 1 amide bonds. The maximum atomic E-state index is 13.1. The highest BCUT2D eigenvalue weighted by Gasteiger charge is 2.20. The van der Waals surface area contributed by atoms with Crippen LogP contribution in [0.15, 0.2) is 59.5 Å². The second-order valence-electron chi connectivity index (χ2n) is 7.77. The van der Waals surface area contributed by atoms with E-state index in [-0.39, 0.29) is 29.7 Å². The molecule has 1 heterocycles. The summed E-state index contributed by atoms with van der Waals surface area (Å²) in [6, 6.07) is 15.6. The number of hydrogen-bond donors (Lipinski definition) is 2. The van der Waals surface area contributed by atoms with Gasteiger partial charge in [-0.2, -0.15) is 0 Å². The fourth-order valence-corrected chi connectivity index (χ4v) is 4.90. The lowest BCUT2D eigenvalue weighted by molar-refractivity contribution is 0.0950. The van der Waals surface area contributed by atoms with E-state index in [0.29, 0.717) is 22.7 Å². The molecule has 1 aliphatic heterocycles. The van der Waals surface area contributed by atoms with Crippen LogP contribution in [0.3, 0.4) is 0 Å². The largest absolute Gasteiger partial charge is 0.454 e. The van der Waals surface area contributed by atoms with Gasteiger partial charge in [0.15, 0.2) is 11.5 Å². The van der Waals surface area contributed by atoms with Gasteiger partial charge in [-0.3, -0.25) is 9.52 Å². The molecule has 0 unspecified atom stereocenters. The van der Waals surface area contributed by atoms with Gasteiger partial charge in [0.25, 0.3) is 15.9 Å². The molecule has 0 spiro atoms. The van der Waals surface area contributed by atoms with Crippen LogP contribution in [0.5, 0.6) is 11.5 Å². The third-order valence-electron chi connectivity index (χ3n) is 5.26. The molecule has 0 aromatic heterocycles. The van der Waals surface area contributed by atoms with Crippen molar-refractivity contribution in [1.82, 2.24) is 5.32 Å². The first-order valence-corrected chi connectivity index (χ1v) is 11.6. The fourth-order valence-electron chi connectivity index (χ4n) is 3.49. The van der Waals surface area contributed by atoms with Crippen molar-refractivity contribution in [3.63, 3.8) is 0 Å². The Kier molecular flexibility index (Phi) is 5.80. The number of amides is 1. The highest BCUT2D eigenvalue weighted by atomic mass is 32.2. The molecule has 32 heavy (non-hydrogen) atoms. The number of carbonyl (C=O) groups excluding carboxylic acids is 1. The van der Waals surface area contributed by atoms with Gasteiger partial charge in [0.05, 0.1) is 10.6 Å². The van der Waals surface area contributed by atoms with Gasteiger partial charge in [-0.05, 0) is 67.8 Å². The van der Waals surface area contributed by atoms with Gasteiger partial charge in [0, 0.05) is 12.1 Å². The maximum absolute atomic E-state index is 13.1. The Hall–Kier alpha value is -3.52. The number of rotatable bonds is 6. The minimum absolute atomic E-state index is 0.0632. The van der Waals surface area contributed by atoms with Crippen LogP contribution in [0.1, 0.15) is 32.6 Å². The zero-order valence-electron chi connectivity index (χ0n) is 18.1. The molecule has 0 aliphatic carbocycles. The summed E-state index contributed by atoms with van der Waals surface area (Å²) in [6.07, 6.45) is 0. The predicted octanol–water partition coefficient (Wildman–Crippen LogP) is 4.07. The van der Waals surface area contributed by atoms with Gasteiger partial charge in [0.1, 0.15) is 0 Å². The van der Waals surface area contributed by atoms with Crippen LogP contribution in [-0.4, -0.2) is 21.1 Å². The minimum Gasteiger partial charge on any atom is -0.454 e. The van der Waals surface area contributed by atoms with Crippen LogP contribution in [-0.2, 0) is 16.6 Å². The zero-order chi connectivity index (χ0) is 22.9. The van der Waals surface area contributed by atoms with Crippen molar-refractivity contribution in [2.45, 2.75) is 32.2 Å². The summed E-state index contributed by atoms with van der Waals surface area (Å²) in [7, 11) is -3.87. The number of carbonyl (C=O) groups is 1. The number of benzene rings is 3. The molecule has 0 saturated carbocycles. The van der Waals surface area contributed by atoms with Crippen molar-refractivity contribution in [1.29, 1.82) is 0 Å². The maximum Gasteiger partial charge on any atom is 0.262 e. The van der Waals surface area contributed by atoms with Crippen LogP contribution in [0.2, 0.25) is 0 Å². The Balaban J connectivity index is 1.51. The van der Waals surface area contributed by atoms with Crippen LogP contribution in [0.4, 0.5) is 5.69 Å². The molecule has 2 N–H and O–H groups in total. The van der Waals surface area contributed by atoms with E-state index in [1.54, 1.807) is 31.2 Å². The number of fused-ring (bicyclic) bond motifs is 1. The molecule has 8 heteroatoms. The van der Waals surface area contributed by atoms with E-state index >= 15 is 0 Å². The normalized spacial score (nSPS) is 12.5. The van der Waals surface area contributed by atoms with E-state index < -0.39 is 10.0 Å². The van der Waals surface area contributed by atoms with Crippen LogP contribution < -0.4 is 19.5 Å². The molecule has 4 rings (SSSR count). The highest BCUT2D eigenvalue weighted by molar-refractivity contribution is 7.92. The van der Waals surface area contributed by atoms with Crippen molar-refractivity contribution in [2.75, 3.05) is 11.5 Å². The number of aryl methyl sites for hydroxylation is 3. The fraction of sp³-hybridized carbons (Fsp3) is 0.208. The third-order valence-corrected chi connectivity index (χ3v) is 6.76.